The molecule has 1 saturated carbocycles. The highest BCUT2D eigenvalue weighted by atomic mass is 16.7. The summed E-state index contributed by atoms with van der Waals surface area (Å²) in [5.74, 6) is -0.340. The second-order valence-corrected chi connectivity index (χ2v) is 5.44. The van der Waals surface area contributed by atoms with Gasteiger partial charge in [0.25, 0.3) is 0 Å². The van der Waals surface area contributed by atoms with Crippen molar-refractivity contribution in [3.8, 4) is 5.75 Å². The lowest BCUT2D eigenvalue weighted by molar-refractivity contribution is -0.101. The highest BCUT2D eigenvalue weighted by Gasteiger charge is 2.27. The molecule has 126 valence electrons. The van der Waals surface area contributed by atoms with Crippen LogP contribution in [0.15, 0.2) is 24.3 Å². The molecule has 1 aromatic carbocycles. The zero-order valence-electron chi connectivity index (χ0n) is 12.8. The van der Waals surface area contributed by atoms with E-state index >= 15 is 0 Å². The maximum Gasteiger partial charge on any atom is 0.513 e. The largest absolute Gasteiger partial charge is 0.513 e. The van der Waals surface area contributed by atoms with Crippen molar-refractivity contribution in [1.82, 2.24) is 0 Å². The van der Waals surface area contributed by atoms with Crippen molar-refractivity contribution < 1.29 is 34.0 Å². The summed E-state index contributed by atoms with van der Waals surface area (Å²) in [7, 11) is 1.21. The van der Waals surface area contributed by atoms with E-state index in [1.165, 1.54) is 31.4 Å². The standard InChI is InChI=1S/C16H20O7/c1-21-16(20)23-13-8-4-11(5-9-13)15(19)22-12-6-2-10(3-7-12)14(17)18/h4-5,8-10,12,14,17-18H,2-3,6-7H2,1H3. The third kappa shape index (κ3) is 4.94. The highest BCUT2D eigenvalue weighted by molar-refractivity contribution is 5.89. The molecule has 0 unspecified atom stereocenters. The molecule has 0 aliphatic heterocycles. The zero-order chi connectivity index (χ0) is 16.8. The van der Waals surface area contributed by atoms with Gasteiger partial charge in [0.2, 0.25) is 0 Å². The van der Waals surface area contributed by atoms with Crippen molar-refractivity contribution in [2.75, 3.05) is 7.11 Å². The minimum absolute atomic E-state index is 0.153. The summed E-state index contributed by atoms with van der Waals surface area (Å²) < 4.78 is 14.6. The van der Waals surface area contributed by atoms with Gasteiger partial charge in [0, 0.05) is 5.92 Å². The van der Waals surface area contributed by atoms with Crippen molar-refractivity contribution in [2.45, 2.75) is 38.1 Å². The van der Waals surface area contributed by atoms with E-state index in [-0.39, 0.29) is 17.8 Å². The normalized spacial score (nSPS) is 20.9. The predicted octanol–water partition coefficient (Wildman–Crippen LogP) is 1.86. The van der Waals surface area contributed by atoms with E-state index in [9.17, 15) is 9.59 Å². The molecule has 2 N–H and O–H groups in total. The van der Waals surface area contributed by atoms with E-state index in [1.54, 1.807) is 0 Å². The fourth-order valence-corrected chi connectivity index (χ4v) is 2.52. The molecule has 0 saturated heterocycles. The van der Waals surface area contributed by atoms with Crippen LogP contribution in [0.25, 0.3) is 0 Å². The number of carbonyl (C=O) groups is 2. The maximum atomic E-state index is 12.1. The molecule has 7 heteroatoms. The Labute approximate surface area is 133 Å². The molecule has 1 aliphatic rings. The van der Waals surface area contributed by atoms with Gasteiger partial charge in [-0.25, -0.2) is 9.59 Å². The lowest BCUT2D eigenvalue weighted by Gasteiger charge is -2.29. The van der Waals surface area contributed by atoms with Crippen LogP contribution >= 0.6 is 0 Å². The van der Waals surface area contributed by atoms with Crippen LogP contribution in [0.2, 0.25) is 0 Å². The monoisotopic (exact) mass is 324 g/mol. The average Bonchev–Trinajstić information content (AvgIpc) is 2.55. The summed E-state index contributed by atoms with van der Waals surface area (Å²) in [6.07, 6.45) is 0.0821. The van der Waals surface area contributed by atoms with Crippen molar-refractivity contribution >= 4 is 12.1 Å². The Kier molecular flexibility index (Phi) is 5.95. The average molecular weight is 324 g/mol. The number of aliphatic hydroxyl groups is 2. The quantitative estimate of drug-likeness (QED) is 0.495. The van der Waals surface area contributed by atoms with E-state index in [2.05, 4.69) is 4.74 Å². The summed E-state index contributed by atoms with van der Waals surface area (Å²) in [6.45, 7) is 0. The van der Waals surface area contributed by atoms with Crippen LogP contribution in [0.4, 0.5) is 4.79 Å². The molecule has 7 nitrogen and oxygen atoms in total. The Balaban J connectivity index is 1.85. The number of rotatable bonds is 4. The van der Waals surface area contributed by atoms with Gasteiger partial charge in [0.15, 0.2) is 6.29 Å². The second-order valence-electron chi connectivity index (χ2n) is 5.44. The van der Waals surface area contributed by atoms with Gasteiger partial charge in [-0.15, -0.1) is 0 Å². The molecule has 0 amide bonds. The van der Waals surface area contributed by atoms with E-state index in [0.717, 1.165) is 0 Å². The topological polar surface area (TPSA) is 102 Å². The molecule has 1 fully saturated rings. The van der Waals surface area contributed by atoms with Crippen molar-refractivity contribution in [3.05, 3.63) is 29.8 Å². The Morgan fingerprint density at radius 1 is 1.09 bits per heavy atom. The molecule has 1 aromatic rings. The van der Waals surface area contributed by atoms with Crippen LogP contribution in [0.1, 0.15) is 36.0 Å². The van der Waals surface area contributed by atoms with E-state index in [1.807, 2.05) is 0 Å². The van der Waals surface area contributed by atoms with Crippen LogP contribution in [0, 0.1) is 5.92 Å². The van der Waals surface area contributed by atoms with Gasteiger partial charge in [0.05, 0.1) is 12.7 Å². The van der Waals surface area contributed by atoms with E-state index < -0.39 is 18.4 Å². The number of hydrogen-bond donors (Lipinski definition) is 2. The van der Waals surface area contributed by atoms with Gasteiger partial charge in [0.1, 0.15) is 11.9 Å². The third-order valence-corrected chi connectivity index (χ3v) is 3.87. The fourth-order valence-electron chi connectivity index (χ4n) is 2.52. The molecule has 0 aromatic heterocycles. The molecule has 0 bridgehead atoms. The number of aliphatic hydroxyl groups excluding tert-OH is 1. The number of esters is 1. The van der Waals surface area contributed by atoms with Gasteiger partial charge in [-0.05, 0) is 49.9 Å². The summed E-state index contributed by atoms with van der Waals surface area (Å²) in [5, 5.41) is 18.3. The first kappa shape index (κ1) is 17.2. The first-order valence-corrected chi connectivity index (χ1v) is 7.42. The smallest absolute Gasteiger partial charge is 0.459 e. The molecular weight excluding hydrogens is 304 g/mol. The molecular formula is C16H20O7. The van der Waals surface area contributed by atoms with E-state index in [4.69, 9.17) is 19.7 Å². The predicted molar refractivity (Wildman–Crippen MR) is 78.9 cm³/mol. The maximum absolute atomic E-state index is 12.1. The lowest BCUT2D eigenvalue weighted by atomic mass is 9.87. The number of methoxy groups -OCH3 is 1. The number of hydrogen-bond acceptors (Lipinski definition) is 7. The van der Waals surface area contributed by atoms with Crippen LogP contribution in [-0.2, 0) is 9.47 Å². The molecule has 0 heterocycles. The SMILES string of the molecule is COC(=O)Oc1ccc(C(=O)OC2CCC(C(O)O)CC2)cc1. The molecule has 0 atom stereocenters. The Hall–Kier alpha value is -2.12. The van der Waals surface area contributed by atoms with Crippen molar-refractivity contribution in [1.29, 1.82) is 0 Å². The summed E-state index contributed by atoms with van der Waals surface area (Å²) in [4.78, 5) is 23.0. The van der Waals surface area contributed by atoms with Gasteiger partial charge in [-0.1, -0.05) is 0 Å². The first-order chi connectivity index (χ1) is 11.0. The number of carbonyl (C=O) groups excluding carboxylic acids is 2. The first-order valence-electron chi connectivity index (χ1n) is 7.42. The van der Waals surface area contributed by atoms with Crippen LogP contribution in [-0.4, -0.2) is 41.8 Å². The molecule has 0 spiro atoms. The van der Waals surface area contributed by atoms with Crippen LogP contribution in [0.3, 0.4) is 0 Å². The second kappa shape index (κ2) is 7.94. The van der Waals surface area contributed by atoms with Crippen molar-refractivity contribution in [3.63, 3.8) is 0 Å². The Morgan fingerprint density at radius 2 is 1.70 bits per heavy atom. The van der Waals surface area contributed by atoms with Gasteiger partial charge < -0.3 is 24.4 Å². The van der Waals surface area contributed by atoms with Crippen LogP contribution < -0.4 is 4.74 Å². The molecule has 1 aliphatic carbocycles. The summed E-state index contributed by atoms with van der Waals surface area (Å²) in [6, 6.07) is 5.96. The minimum Gasteiger partial charge on any atom is -0.459 e. The highest BCUT2D eigenvalue weighted by Crippen LogP contribution is 2.28. The fraction of sp³-hybridized carbons (Fsp3) is 0.500. The van der Waals surface area contributed by atoms with Gasteiger partial charge >= 0.3 is 12.1 Å². The van der Waals surface area contributed by atoms with Crippen molar-refractivity contribution in [2.24, 2.45) is 5.92 Å². The molecule has 2 rings (SSSR count). The van der Waals surface area contributed by atoms with Gasteiger partial charge in [-0.3, -0.25) is 0 Å². The Bertz CT molecular complexity index is 530. The Morgan fingerprint density at radius 3 is 2.22 bits per heavy atom. The third-order valence-electron chi connectivity index (χ3n) is 3.87. The molecule has 23 heavy (non-hydrogen) atoms. The summed E-state index contributed by atoms with van der Waals surface area (Å²) >= 11 is 0. The minimum atomic E-state index is -1.31. The number of benzene rings is 1. The van der Waals surface area contributed by atoms with E-state index in [0.29, 0.717) is 31.2 Å². The zero-order valence-corrected chi connectivity index (χ0v) is 12.8. The number of ether oxygens (including phenoxy) is 3. The summed E-state index contributed by atoms with van der Waals surface area (Å²) in [5.41, 5.74) is 0.353. The van der Waals surface area contributed by atoms with Crippen LogP contribution in [0.5, 0.6) is 5.75 Å². The lowest BCUT2D eigenvalue weighted by Crippen LogP contribution is -2.30. The molecule has 0 radical (unpaired) electrons. The van der Waals surface area contributed by atoms with Gasteiger partial charge in [-0.2, -0.15) is 0 Å².